The maximum atomic E-state index is 10.8. The summed E-state index contributed by atoms with van der Waals surface area (Å²) < 4.78 is 0. The van der Waals surface area contributed by atoms with Crippen LogP contribution < -0.4 is 0 Å². The smallest absolute Gasteiger partial charge is 0.335 e. The average molecular weight is 230 g/mol. The molecule has 88 valence electrons. The number of aliphatic hydroxyl groups excluding tert-OH is 1. The fraction of sp³-hybridized carbons (Fsp3) is 0.0714. The molecule has 0 spiro atoms. The SMILES string of the molecule is CO.O=C(O)c1cccc(-c2ccccc2)c1. The number of carboxylic acids is 1. The van der Waals surface area contributed by atoms with Gasteiger partial charge in [0.05, 0.1) is 5.56 Å². The number of benzene rings is 2. The molecule has 0 saturated carbocycles. The summed E-state index contributed by atoms with van der Waals surface area (Å²) in [7, 11) is 1.00. The molecule has 0 aliphatic heterocycles. The van der Waals surface area contributed by atoms with E-state index in [1.807, 2.05) is 36.4 Å². The molecule has 0 aliphatic rings. The van der Waals surface area contributed by atoms with Gasteiger partial charge in [0, 0.05) is 7.11 Å². The van der Waals surface area contributed by atoms with E-state index < -0.39 is 5.97 Å². The molecule has 0 heterocycles. The van der Waals surface area contributed by atoms with Gasteiger partial charge in [-0.15, -0.1) is 0 Å². The van der Waals surface area contributed by atoms with Gasteiger partial charge in [0.25, 0.3) is 0 Å². The van der Waals surface area contributed by atoms with Crippen LogP contribution >= 0.6 is 0 Å². The normalized spacial score (nSPS) is 9.06. The van der Waals surface area contributed by atoms with Gasteiger partial charge >= 0.3 is 5.97 Å². The standard InChI is InChI=1S/C13H10O2.CH4O/c14-13(15)12-8-4-7-11(9-12)10-5-2-1-3-6-10;1-2/h1-9H,(H,14,15);2H,1H3. The number of hydrogen-bond acceptors (Lipinski definition) is 2. The third-order valence-corrected chi connectivity index (χ3v) is 2.22. The summed E-state index contributed by atoms with van der Waals surface area (Å²) in [6.45, 7) is 0. The summed E-state index contributed by atoms with van der Waals surface area (Å²) in [6.07, 6.45) is 0. The Morgan fingerprint density at radius 2 is 1.47 bits per heavy atom. The molecule has 3 heteroatoms. The predicted octanol–water partition coefficient (Wildman–Crippen LogP) is 2.66. The van der Waals surface area contributed by atoms with Crippen LogP contribution in [0.3, 0.4) is 0 Å². The third-order valence-electron chi connectivity index (χ3n) is 2.22. The lowest BCUT2D eigenvalue weighted by Gasteiger charge is -2.02. The van der Waals surface area contributed by atoms with Crippen molar-refractivity contribution < 1.29 is 15.0 Å². The molecular weight excluding hydrogens is 216 g/mol. The second-order valence-corrected chi connectivity index (χ2v) is 3.25. The van der Waals surface area contributed by atoms with Crippen LogP contribution in [-0.4, -0.2) is 23.3 Å². The van der Waals surface area contributed by atoms with Crippen LogP contribution in [0.5, 0.6) is 0 Å². The summed E-state index contributed by atoms with van der Waals surface area (Å²) in [5.74, 6) is -0.896. The monoisotopic (exact) mass is 230 g/mol. The Morgan fingerprint density at radius 3 is 2.06 bits per heavy atom. The van der Waals surface area contributed by atoms with E-state index in [1.165, 1.54) is 0 Å². The second-order valence-electron chi connectivity index (χ2n) is 3.25. The second kappa shape index (κ2) is 6.45. The molecule has 3 nitrogen and oxygen atoms in total. The van der Waals surface area contributed by atoms with E-state index in [-0.39, 0.29) is 0 Å². The van der Waals surface area contributed by atoms with Crippen molar-refractivity contribution in [3.8, 4) is 11.1 Å². The molecule has 2 aromatic carbocycles. The van der Waals surface area contributed by atoms with Crippen LogP contribution in [0.4, 0.5) is 0 Å². The molecular formula is C14H14O3. The van der Waals surface area contributed by atoms with Gasteiger partial charge in [-0.05, 0) is 23.3 Å². The van der Waals surface area contributed by atoms with Gasteiger partial charge in [0.15, 0.2) is 0 Å². The predicted molar refractivity (Wildman–Crippen MR) is 67.0 cm³/mol. The molecule has 0 aliphatic carbocycles. The van der Waals surface area contributed by atoms with Crippen molar-refractivity contribution in [2.45, 2.75) is 0 Å². The van der Waals surface area contributed by atoms with E-state index in [1.54, 1.807) is 18.2 Å². The highest BCUT2D eigenvalue weighted by Crippen LogP contribution is 2.19. The fourth-order valence-corrected chi connectivity index (χ4v) is 1.46. The Balaban J connectivity index is 0.000000686. The summed E-state index contributed by atoms with van der Waals surface area (Å²) in [6, 6.07) is 16.7. The zero-order chi connectivity index (χ0) is 12.7. The average Bonchev–Trinajstić information content (AvgIpc) is 2.42. The first-order valence-electron chi connectivity index (χ1n) is 5.11. The lowest BCUT2D eigenvalue weighted by molar-refractivity contribution is 0.0697. The first kappa shape index (κ1) is 12.9. The number of aliphatic hydroxyl groups is 1. The molecule has 0 amide bonds. The number of aromatic carboxylic acids is 1. The van der Waals surface area contributed by atoms with Crippen molar-refractivity contribution >= 4 is 5.97 Å². The number of carbonyl (C=O) groups is 1. The molecule has 2 aromatic rings. The first-order valence-corrected chi connectivity index (χ1v) is 5.11. The Labute approximate surface area is 100.0 Å². The summed E-state index contributed by atoms with van der Waals surface area (Å²) in [4.78, 5) is 10.8. The summed E-state index contributed by atoms with van der Waals surface area (Å²) >= 11 is 0. The largest absolute Gasteiger partial charge is 0.478 e. The van der Waals surface area contributed by atoms with Crippen molar-refractivity contribution in [1.82, 2.24) is 0 Å². The minimum Gasteiger partial charge on any atom is -0.478 e. The quantitative estimate of drug-likeness (QED) is 0.833. The molecule has 0 bridgehead atoms. The van der Waals surface area contributed by atoms with Crippen molar-refractivity contribution in [3.63, 3.8) is 0 Å². The van der Waals surface area contributed by atoms with Crippen LogP contribution in [0.15, 0.2) is 54.6 Å². The molecule has 0 unspecified atom stereocenters. The molecule has 0 fully saturated rings. The molecule has 17 heavy (non-hydrogen) atoms. The van der Waals surface area contributed by atoms with Gasteiger partial charge in [0.2, 0.25) is 0 Å². The van der Waals surface area contributed by atoms with E-state index in [2.05, 4.69) is 0 Å². The van der Waals surface area contributed by atoms with E-state index in [9.17, 15) is 4.79 Å². The zero-order valence-corrected chi connectivity index (χ0v) is 9.50. The Kier molecular flexibility index (Phi) is 4.91. The van der Waals surface area contributed by atoms with Crippen molar-refractivity contribution in [3.05, 3.63) is 60.2 Å². The van der Waals surface area contributed by atoms with Gasteiger partial charge in [-0.25, -0.2) is 4.79 Å². The zero-order valence-electron chi connectivity index (χ0n) is 9.50. The Hall–Kier alpha value is -2.13. The molecule has 2 rings (SSSR count). The van der Waals surface area contributed by atoms with E-state index in [0.717, 1.165) is 18.2 Å². The summed E-state index contributed by atoms with van der Waals surface area (Å²) in [5, 5.41) is 15.9. The highest BCUT2D eigenvalue weighted by atomic mass is 16.4. The number of rotatable bonds is 2. The molecule has 0 radical (unpaired) electrons. The molecule has 0 aromatic heterocycles. The van der Waals surface area contributed by atoms with Crippen molar-refractivity contribution in [2.24, 2.45) is 0 Å². The van der Waals surface area contributed by atoms with Crippen molar-refractivity contribution in [2.75, 3.05) is 7.11 Å². The van der Waals surface area contributed by atoms with Gasteiger partial charge in [-0.1, -0.05) is 42.5 Å². The van der Waals surface area contributed by atoms with Crippen LogP contribution in [0, 0.1) is 0 Å². The fourth-order valence-electron chi connectivity index (χ4n) is 1.46. The van der Waals surface area contributed by atoms with E-state index in [4.69, 9.17) is 10.2 Å². The molecule has 2 N–H and O–H groups in total. The highest BCUT2D eigenvalue weighted by molar-refractivity contribution is 5.89. The maximum Gasteiger partial charge on any atom is 0.335 e. The Morgan fingerprint density at radius 1 is 0.882 bits per heavy atom. The minimum absolute atomic E-state index is 0.316. The number of carboxylic acid groups (broad SMARTS) is 1. The number of hydrogen-bond donors (Lipinski definition) is 2. The van der Waals surface area contributed by atoms with Crippen LogP contribution in [0.1, 0.15) is 10.4 Å². The first-order chi connectivity index (χ1) is 8.27. The molecule has 0 saturated heterocycles. The van der Waals surface area contributed by atoms with E-state index >= 15 is 0 Å². The lowest BCUT2D eigenvalue weighted by atomic mass is 10.0. The highest BCUT2D eigenvalue weighted by Gasteiger charge is 2.03. The Bertz CT molecular complexity index is 478. The minimum atomic E-state index is -0.896. The van der Waals surface area contributed by atoms with E-state index in [0.29, 0.717) is 5.56 Å². The maximum absolute atomic E-state index is 10.8. The molecule has 0 atom stereocenters. The van der Waals surface area contributed by atoms with Crippen LogP contribution in [0.25, 0.3) is 11.1 Å². The third kappa shape index (κ3) is 3.43. The van der Waals surface area contributed by atoms with Gasteiger partial charge < -0.3 is 10.2 Å². The lowest BCUT2D eigenvalue weighted by Crippen LogP contribution is -1.95. The van der Waals surface area contributed by atoms with Crippen LogP contribution in [0.2, 0.25) is 0 Å². The van der Waals surface area contributed by atoms with Crippen LogP contribution in [-0.2, 0) is 0 Å². The topological polar surface area (TPSA) is 57.5 Å². The van der Waals surface area contributed by atoms with Gasteiger partial charge in [0.1, 0.15) is 0 Å². The van der Waals surface area contributed by atoms with Gasteiger partial charge in [-0.2, -0.15) is 0 Å². The van der Waals surface area contributed by atoms with Crippen molar-refractivity contribution in [1.29, 1.82) is 0 Å². The van der Waals surface area contributed by atoms with Gasteiger partial charge in [-0.3, -0.25) is 0 Å². The summed E-state index contributed by atoms with van der Waals surface area (Å²) in [5.41, 5.74) is 2.27.